The highest BCUT2D eigenvalue weighted by atomic mass is 19.4. The number of anilines is 2. The number of nitrogen functional groups attached to an aromatic ring is 1. The molecule has 0 atom stereocenters. The van der Waals surface area contributed by atoms with E-state index >= 15 is 0 Å². The van der Waals surface area contributed by atoms with Crippen LogP contribution in [0.4, 0.5) is 24.5 Å². The minimum absolute atomic E-state index is 0.285. The van der Waals surface area contributed by atoms with Crippen molar-refractivity contribution in [2.45, 2.75) is 33.0 Å². The number of benzene rings is 1. The van der Waals surface area contributed by atoms with Gasteiger partial charge in [0.05, 0.1) is 0 Å². The summed E-state index contributed by atoms with van der Waals surface area (Å²) in [6, 6.07) is 4.75. The van der Waals surface area contributed by atoms with Crippen LogP contribution in [0, 0.1) is 6.92 Å². The van der Waals surface area contributed by atoms with Crippen molar-refractivity contribution in [3.63, 3.8) is 0 Å². The number of fused-ring (bicyclic) bond motifs is 1. The zero-order valence-electron chi connectivity index (χ0n) is 12.2. The molecule has 0 unspecified atom stereocenters. The molecule has 0 aliphatic heterocycles. The number of halogens is 3. The number of alkyl halides is 3. The average Bonchev–Trinajstić information content (AvgIpc) is 2.35. The molecule has 0 aliphatic carbocycles. The lowest BCUT2D eigenvalue weighted by Crippen LogP contribution is -2.39. The van der Waals surface area contributed by atoms with E-state index in [1.54, 1.807) is 45.2 Å². The molecule has 0 saturated heterocycles. The van der Waals surface area contributed by atoms with Gasteiger partial charge in [-0.2, -0.15) is 13.2 Å². The maximum Gasteiger partial charge on any atom is 0.405 e. The standard InChI is InChI=1S/C15H18F3N3/c1-9(2)21(8-15(16,17)18)14-5-4-13(19)12-7-20-10(3)6-11(12)14/h4-7,9H,8,19H2,1-3H3. The molecule has 1 aromatic heterocycles. The normalized spacial score (nSPS) is 12.1. The molecule has 0 bridgehead atoms. The molecule has 0 spiro atoms. The van der Waals surface area contributed by atoms with Crippen LogP contribution in [0.3, 0.4) is 0 Å². The van der Waals surface area contributed by atoms with Crippen LogP contribution in [-0.2, 0) is 0 Å². The van der Waals surface area contributed by atoms with Gasteiger partial charge in [-0.1, -0.05) is 0 Å². The van der Waals surface area contributed by atoms with Gasteiger partial charge in [0, 0.05) is 40.1 Å². The smallest absolute Gasteiger partial charge is 0.398 e. The van der Waals surface area contributed by atoms with Gasteiger partial charge in [0.15, 0.2) is 0 Å². The number of nitrogens with zero attached hydrogens (tertiary/aromatic N) is 2. The number of rotatable bonds is 3. The molecule has 21 heavy (non-hydrogen) atoms. The fraction of sp³-hybridized carbons (Fsp3) is 0.400. The Bertz CT molecular complexity index is 650. The van der Waals surface area contributed by atoms with E-state index in [0.717, 1.165) is 5.69 Å². The van der Waals surface area contributed by atoms with E-state index in [1.165, 1.54) is 4.90 Å². The molecule has 2 rings (SSSR count). The molecule has 0 radical (unpaired) electrons. The molecule has 1 heterocycles. The predicted molar refractivity (Wildman–Crippen MR) is 79.4 cm³/mol. The fourth-order valence-corrected chi connectivity index (χ4v) is 2.34. The Morgan fingerprint density at radius 3 is 2.48 bits per heavy atom. The van der Waals surface area contributed by atoms with E-state index in [1.807, 2.05) is 0 Å². The van der Waals surface area contributed by atoms with Gasteiger partial charge in [0.25, 0.3) is 0 Å². The van der Waals surface area contributed by atoms with Gasteiger partial charge >= 0.3 is 6.18 Å². The quantitative estimate of drug-likeness (QED) is 0.874. The van der Waals surface area contributed by atoms with Gasteiger partial charge in [0.2, 0.25) is 0 Å². The van der Waals surface area contributed by atoms with Crippen molar-refractivity contribution in [3.8, 4) is 0 Å². The number of pyridine rings is 1. The van der Waals surface area contributed by atoms with Gasteiger partial charge in [-0.15, -0.1) is 0 Å². The summed E-state index contributed by atoms with van der Waals surface area (Å²) >= 11 is 0. The van der Waals surface area contributed by atoms with E-state index in [9.17, 15) is 13.2 Å². The van der Waals surface area contributed by atoms with Crippen molar-refractivity contribution in [1.82, 2.24) is 4.98 Å². The van der Waals surface area contributed by atoms with Crippen LogP contribution in [0.15, 0.2) is 24.4 Å². The van der Waals surface area contributed by atoms with Gasteiger partial charge in [-0.3, -0.25) is 4.98 Å². The minimum Gasteiger partial charge on any atom is -0.398 e. The van der Waals surface area contributed by atoms with Gasteiger partial charge in [-0.25, -0.2) is 0 Å². The first-order valence-electron chi connectivity index (χ1n) is 6.67. The molecule has 114 valence electrons. The van der Waals surface area contributed by atoms with Crippen LogP contribution in [-0.4, -0.2) is 23.7 Å². The van der Waals surface area contributed by atoms with Crippen LogP contribution < -0.4 is 10.6 Å². The summed E-state index contributed by atoms with van der Waals surface area (Å²) in [5.41, 5.74) is 7.67. The molecule has 0 saturated carbocycles. The summed E-state index contributed by atoms with van der Waals surface area (Å²) in [6.45, 7) is 4.28. The first-order chi connectivity index (χ1) is 9.69. The summed E-state index contributed by atoms with van der Waals surface area (Å²) in [6.07, 6.45) is -2.66. The van der Waals surface area contributed by atoms with Crippen molar-refractivity contribution in [3.05, 3.63) is 30.1 Å². The van der Waals surface area contributed by atoms with E-state index in [-0.39, 0.29) is 6.04 Å². The highest BCUT2D eigenvalue weighted by Gasteiger charge is 2.32. The Labute approximate surface area is 121 Å². The van der Waals surface area contributed by atoms with Gasteiger partial charge < -0.3 is 10.6 Å². The second kappa shape index (κ2) is 5.42. The predicted octanol–water partition coefficient (Wildman–Crippen LogP) is 3.90. The number of hydrogen-bond acceptors (Lipinski definition) is 3. The average molecular weight is 297 g/mol. The third-order valence-electron chi connectivity index (χ3n) is 3.33. The third-order valence-corrected chi connectivity index (χ3v) is 3.33. The zero-order valence-corrected chi connectivity index (χ0v) is 12.2. The fourth-order valence-electron chi connectivity index (χ4n) is 2.34. The number of hydrogen-bond donors (Lipinski definition) is 1. The Kier molecular flexibility index (Phi) is 3.98. The van der Waals surface area contributed by atoms with E-state index in [2.05, 4.69) is 4.98 Å². The molecule has 1 aromatic carbocycles. The SMILES string of the molecule is Cc1cc2c(N(CC(F)(F)F)C(C)C)ccc(N)c2cn1. The largest absolute Gasteiger partial charge is 0.405 e. The van der Waals surface area contributed by atoms with Gasteiger partial charge in [0.1, 0.15) is 6.54 Å². The van der Waals surface area contributed by atoms with E-state index in [0.29, 0.717) is 22.1 Å². The molecule has 6 heteroatoms. The van der Waals surface area contributed by atoms with Crippen molar-refractivity contribution < 1.29 is 13.2 Å². The molecule has 0 aliphatic rings. The second-order valence-electron chi connectivity index (χ2n) is 5.38. The minimum atomic E-state index is -4.26. The van der Waals surface area contributed by atoms with Crippen LogP contribution in [0.1, 0.15) is 19.5 Å². The maximum atomic E-state index is 12.8. The van der Waals surface area contributed by atoms with Crippen LogP contribution in [0.2, 0.25) is 0 Å². The molecular formula is C15H18F3N3. The summed E-state index contributed by atoms with van der Waals surface area (Å²) in [4.78, 5) is 5.50. The molecule has 2 N–H and O–H groups in total. The Morgan fingerprint density at radius 2 is 1.90 bits per heavy atom. The first kappa shape index (κ1) is 15.4. The number of aryl methyl sites for hydroxylation is 1. The number of nitrogens with two attached hydrogens (primary N) is 1. The lowest BCUT2D eigenvalue weighted by atomic mass is 10.1. The molecular weight excluding hydrogens is 279 g/mol. The maximum absolute atomic E-state index is 12.8. The Balaban J connectivity index is 2.63. The molecule has 0 fully saturated rings. The third kappa shape index (κ3) is 3.37. The first-order valence-corrected chi connectivity index (χ1v) is 6.67. The highest BCUT2D eigenvalue weighted by molar-refractivity contribution is 6.01. The lowest BCUT2D eigenvalue weighted by Gasteiger charge is -2.31. The van der Waals surface area contributed by atoms with Gasteiger partial charge in [-0.05, 0) is 39.0 Å². The van der Waals surface area contributed by atoms with Crippen molar-refractivity contribution in [2.24, 2.45) is 0 Å². The highest BCUT2D eigenvalue weighted by Crippen LogP contribution is 2.33. The second-order valence-corrected chi connectivity index (χ2v) is 5.38. The van der Waals surface area contributed by atoms with Crippen molar-refractivity contribution in [2.75, 3.05) is 17.2 Å². The summed E-state index contributed by atoms with van der Waals surface area (Å²) in [7, 11) is 0. The summed E-state index contributed by atoms with van der Waals surface area (Å²) < 4.78 is 38.5. The summed E-state index contributed by atoms with van der Waals surface area (Å²) in [5, 5.41) is 1.37. The summed E-state index contributed by atoms with van der Waals surface area (Å²) in [5.74, 6) is 0. The van der Waals surface area contributed by atoms with Crippen LogP contribution in [0.25, 0.3) is 10.8 Å². The zero-order chi connectivity index (χ0) is 15.8. The Morgan fingerprint density at radius 1 is 1.24 bits per heavy atom. The monoisotopic (exact) mass is 297 g/mol. The molecule has 3 nitrogen and oxygen atoms in total. The van der Waals surface area contributed by atoms with Crippen molar-refractivity contribution in [1.29, 1.82) is 0 Å². The molecule has 0 amide bonds. The van der Waals surface area contributed by atoms with E-state index in [4.69, 9.17) is 5.73 Å². The van der Waals surface area contributed by atoms with Crippen LogP contribution >= 0.6 is 0 Å². The topological polar surface area (TPSA) is 42.1 Å². The van der Waals surface area contributed by atoms with Crippen LogP contribution in [0.5, 0.6) is 0 Å². The van der Waals surface area contributed by atoms with E-state index < -0.39 is 12.7 Å². The Hall–Kier alpha value is -1.98. The molecule has 2 aromatic rings. The lowest BCUT2D eigenvalue weighted by molar-refractivity contribution is -0.120. The number of aromatic nitrogens is 1. The van der Waals surface area contributed by atoms with Crippen molar-refractivity contribution >= 4 is 22.1 Å².